The number of benzene rings is 2. The molecule has 0 bridgehead atoms. The smallest absolute Gasteiger partial charge is 0.123 e. The summed E-state index contributed by atoms with van der Waals surface area (Å²) in [5, 5.41) is 0. The lowest BCUT2D eigenvalue weighted by Gasteiger charge is -2.05. The van der Waals surface area contributed by atoms with Crippen LogP contribution in [0.25, 0.3) is 11.1 Å². The number of hydrogen-bond acceptors (Lipinski definition) is 0. The topological polar surface area (TPSA) is 0 Å². The van der Waals surface area contributed by atoms with Gasteiger partial charge in [-0.1, -0.05) is 69.0 Å². The summed E-state index contributed by atoms with van der Waals surface area (Å²) in [4.78, 5) is 0. The van der Waals surface area contributed by atoms with E-state index in [-0.39, 0.29) is 5.82 Å². The van der Waals surface area contributed by atoms with Crippen molar-refractivity contribution in [2.75, 3.05) is 0 Å². The predicted octanol–water partition coefficient (Wildman–Crippen LogP) is 6.01. The zero-order chi connectivity index (χ0) is 14.2. The van der Waals surface area contributed by atoms with Gasteiger partial charge in [0.05, 0.1) is 0 Å². The van der Waals surface area contributed by atoms with Crippen LogP contribution < -0.4 is 0 Å². The van der Waals surface area contributed by atoms with Gasteiger partial charge >= 0.3 is 0 Å². The molecule has 0 saturated carbocycles. The summed E-state index contributed by atoms with van der Waals surface area (Å²) in [7, 11) is 0. The van der Waals surface area contributed by atoms with E-state index in [4.69, 9.17) is 0 Å². The molecule has 1 heteroatoms. The van der Waals surface area contributed by atoms with E-state index in [0.717, 1.165) is 17.5 Å². The summed E-state index contributed by atoms with van der Waals surface area (Å²) >= 11 is 0. The summed E-state index contributed by atoms with van der Waals surface area (Å²) in [6.45, 7) is 2.24. The summed E-state index contributed by atoms with van der Waals surface area (Å²) in [6.07, 6.45) is 7.76. The predicted molar refractivity (Wildman–Crippen MR) is 84.3 cm³/mol. The minimum Gasteiger partial charge on any atom is -0.207 e. The van der Waals surface area contributed by atoms with Gasteiger partial charge < -0.3 is 0 Å². The molecule has 0 aliphatic carbocycles. The van der Waals surface area contributed by atoms with Crippen LogP contribution in [0.5, 0.6) is 0 Å². The van der Waals surface area contributed by atoms with Gasteiger partial charge in [0, 0.05) is 0 Å². The first-order chi connectivity index (χ1) is 9.79. The molecule has 0 heterocycles. The Morgan fingerprint density at radius 3 is 1.85 bits per heavy atom. The van der Waals surface area contributed by atoms with E-state index in [1.165, 1.54) is 49.8 Å². The van der Waals surface area contributed by atoms with Gasteiger partial charge in [0.25, 0.3) is 0 Å². The summed E-state index contributed by atoms with van der Waals surface area (Å²) in [6, 6.07) is 15.3. The highest BCUT2D eigenvalue weighted by atomic mass is 19.1. The number of rotatable bonds is 7. The molecule has 0 aromatic heterocycles. The van der Waals surface area contributed by atoms with Crippen LogP contribution in [-0.4, -0.2) is 0 Å². The average molecular weight is 270 g/mol. The maximum atomic E-state index is 12.9. The molecule has 0 aliphatic heterocycles. The lowest BCUT2D eigenvalue weighted by molar-refractivity contribution is 0.628. The third kappa shape index (κ3) is 4.48. The molecule has 2 rings (SSSR count). The average Bonchev–Trinajstić information content (AvgIpc) is 2.49. The Hall–Kier alpha value is -1.63. The Morgan fingerprint density at radius 2 is 1.25 bits per heavy atom. The van der Waals surface area contributed by atoms with Crippen LogP contribution in [0.2, 0.25) is 0 Å². The lowest BCUT2D eigenvalue weighted by Crippen LogP contribution is -1.87. The highest BCUT2D eigenvalue weighted by Gasteiger charge is 1.99. The molecular formula is C19H23F. The second-order valence-corrected chi connectivity index (χ2v) is 5.37. The van der Waals surface area contributed by atoms with Crippen molar-refractivity contribution in [3.8, 4) is 11.1 Å². The van der Waals surface area contributed by atoms with Crippen molar-refractivity contribution in [2.24, 2.45) is 0 Å². The van der Waals surface area contributed by atoms with Gasteiger partial charge in [0.15, 0.2) is 0 Å². The number of hydrogen-bond donors (Lipinski definition) is 0. The van der Waals surface area contributed by atoms with E-state index in [1.807, 2.05) is 12.1 Å². The zero-order valence-electron chi connectivity index (χ0n) is 12.2. The van der Waals surface area contributed by atoms with Crippen molar-refractivity contribution in [1.29, 1.82) is 0 Å². The van der Waals surface area contributed by atoms with Gasteiger partial charge in [0.2, 0.25) is 0 Å². The molecule has 0 unspecified atom stereocenters. The normalized spacial score (nSPS) is 10.7. The third-order valence-corrected chi connectivity index (χ3v) is 3.70. The van der Waals surface area contributed by atoms with Crippen LogP contribution in [0.1, 0.15) is 44.6 Å². The molecule has 0 fully saturated rings. The van der Waals surface area contributed by atoms with Gasteiger partial charge in [-0.3, -0.25) is 0 Å². The summed E-state index contributed by atoms with van der Waals surface area (Å²) < 4.78 is 12.9. The molecule has 0 N–H and O–H groups in total. The maximum absolute atomic E-state index is 12.9. The molecule has 2 aromatic rings. The van der Waals surface area contributed by atoms with Crippen LogP contribution in [0.15, 0.2) is 48.5 Å². The molecule has 20 heavy (non-hydrogen) atoms. The minimum absolute atomic E-state index is 0.183. The van der Waals surface area contributed by atoms with E-state index in [2.05, 4.69) is 31.2 Å². The fourth-order valence-corrected chi connectivity index (χ4v) is 2.44. The molecule has 0 spiro atoms. The number of aryl methyl sites for hydroxylation is 1. The van der Waals surface area contributed by atoms with Gasteiger partial charge in [-0.2, -0.15) is 0 Å². The van der Waals surface area contributed by atoms with Crippen molar-refractivity contribution in [3.05, 3.63) is 59.9 Å². The fourth-order valence-electron chi connectivity index (χ4n) is 2.44. The fraction of sp³-hybridized carbons (Fsp3) is 0.368. The van der Waals surface area contributed by atoms with Gasteiger partial charge in [0.1, 0.15) is 5.82 Å². The molecule has 0 nitrogen and oxygen atoms in total. The van der Waals surface area contributed by atoms with Crippen molar-refractivity contribution >= 4 is 0 Å². The Kier molecular flexibility index (Phi) is 5.79. The molecule has 0 aliphatic rings. The quantitative estimate of drug-likeness (QED) is 0.541. The zero-order valence-corrected chi connectivity index (χ0v) is 12.2. The number of unbranched alkanes of at least 4 members (excludes halogenated alkanes) is 4. The molecule has 106 valence electrons. The first-order valence-electron chi connectivity index (χ1n) is 7.64. The Labute approximate surface area is 121 Å². The number of halogens is 1. The standard InChI is InChI=1S/C19H23F/c1-2-3-4-5-6-7-16-8-10-17(11-9-16)18-12-14-19(20)15-13-18/h8-15H,2-7H2,1H3. The van der Waals surface area contributed by atoms with Crippen molar-refractivity contribution in [1.82, 2.24) is 0 Å². The maximum Gasteiger partial charge on any atom is 0.123 e. The second-order valence-electron chi connectivity index (χ2n) is 5.37. The summed E-state index contributed by atoms with van der Waals surface area (Å²) in [5.74, 6) is -0.183. The van der Waals surface area contributed by atoms with Gasteiger partial charge in [-0.15, -0.1) is 0 Å². The van der Waals surface area contributed by atoms with E-state index in [9.17, 15) is 4.39 Å². The van der Waals surface area contributed by atoms with Gasteiger partial charge in [-0.05, 0) is 41.7 Å². The second kappa shape index (κ2) is 7.84. The van der Waals surface area contributed by atoms with E-state index in [0.29, 0.717) is 0 Å². The Morgan fingerprint density at radius 1 is 0.700 bits per heavy atom. The van der Waals surface area contributed by atoms with Crippen LogP contribution in [0.3, 0.4) is 0 Å². The Bertz CT molecular complexity index is 496. The third-order valence-electron chi connectivity index (χ3n) is 3.70. The van der Waals surface area contributed by atoms with Crippen molar-refractivity contribution < 1.29 is 4.39 Å². The molecule has 0 amide bonds. The molecule has 2 aromatic carbocycles. The van der Waals surface area contributed by atoms with Gasteiger partial charge in [-0.25, -0.2) is 4.39 Å². The highest BCUT2D eigenvalue weighted by molar-refractivity contribution is 5.63. The molecule has 0 radical (unpaired) electrons. The van der Waals surface area contributed by atoms with E-state index < -0.39 is 0 Å². The first kappa shape index (κ1) is 14.8. The first-order valence-corrected chi connectivity index (χ1v) is 7.64. The van der Waals surface area contributed by atoms with Crippen LogP contribution in [0.4, 0.5) is 4.39 Å². The lowest BCUT2D eigenvalue weighted by atomic mass is 10.0. The van der Waals surface area contributed by atoms with E-state index in [1.54, 1.807) is 0 Å². The SMILES string of the molecule is CCCCCCCc1ccc(-c2ccc(F)cc2)cc1. The van der Waals surface area contributed by atoms with Crippen molar-refractivity contribution in [3.63, 3.8) is 0 Å². The molecule has 0 atom stereocenters. The highest BCUT2D eigenvalue weighted by Crippen LogP contribution is 2.20. The van der Waals surface area contributed by atoms with Crippen LogP contribution >= 0.6 is 0 Å². The van der Waals surface area contributed by atoms with E-state index >= 15 is 0 Å². The monoisotopic (exact) mass is 270 g/mol. The van der Waals surface area contributed by atoms with Crippen molar-refractivity contribution in [2.45, 2.75) is 45.4 Å². The minimum atomic E-state index is -0.183. The van der Waals surface area contributed by atoms with Crippen LogP contribution in [0, 0.1) is 5.82 Å². The summed E-state index contributed by atoms with van der Waals surface area (Å²) in [5.41, 5.74) is 3.62. The Balaban J connectivity index is 1.88. The molecular weight excluding hydrogens is 247 g/mol. The van der Waals surface area contributed by atoms with Crippen LogP contribution in [-0.2, 0) is 6.42 Å². The molecule has 0 saturated heterocycles. The largest absolute Gasteiger partial charge is 0.207 e.